The molecule has 0 aliphatic carbocycles. The SMILES string of the molecule is NC(=O)N1C(=O)C(C(=O)c2cccs2)c2c(Cl)csc21. The number of ketones is 1. The number of anilines is 1. The number of halogens is 1. The molecular weight excluding hydrogens is 320 g/mol. The molecule has 5 nitrogen and oxygen atoms in total. The zero-order valence-electron chi connectivity index (χ0n) is 9.83. The molecule has 20 heavy (non-hydrogen) atoms. The van der Waals surface area contributed by atoms with Crippen LogP contribution < -0.4 is 10.6 Å². The number of hydrogen-bond acceptors (Lipinski definition) is 5. The molecule has 0 radical (unpaired) electrons. The maximum Gasteiger partial charge on any atom is 0.326 e. The number of amides is 3. The second kappa shape index (κ2) is 4.69. The summed E-state index contributed by atoms with van der Waals surface area (Å²) in [5.74, 6) is -2.09. The lowest BCUT2D eigenvalue weighted by atomic mass is 9.97. The average molecular weight is 327 g/mol. The number of urea groups is 1. The number of rotatable bonds is 2. The fourth-order valence-corrected chi connectivity index (χ4v) is 4.20. The molecule has 2 aromatic heterocycles. The number of thiophene rings is 2. The summed E-state index contributed by atoms with van der Waals surface area (Å²) in [5, 5.41) is 3.97. The van der Waals surface area contributed by atoms with Crippen LogP contribution in [0.2, 0.25) is 5.02 Å². The van der Waals surface area contributed by atoms with Gasteiger partial charge >= 0.3 is 6.03 Å². The molecule has 0 aromatic carbocycles. The summed E-state index contributed by atoms with van der Waals surface area (Å²) < 4.78 is 0. The first kappa shape index (κ1) is 13.3. The summed E-state index contributed by atoms with van der Waals surface area (Å²) in [4.78, 5) is 37.5. The number of fused-ring (bicyclic) bond motifs is 1. The van der Waals surface area contributed by atoms with Crippen LogP contribution in [0.4, 0.5) is 9.80 Å². The van der Waals surface area contributed by atoms with Crippen molar-refractivity contribution < 1.29 is 14.4 Å². The summed E-state index contributed by atoms with van der Waals surface area (Å²) in [6, 6.07) is 2.45. The van der Waals surface area contributed by atoms with Gasteiger partial charge in [-0.25, -0.2) is 9.69 Å². The van der Waals surface area contributed by atoms with E-state index in [-0.39, 0.29) is 5.78 Å². The third-order valence-corrected chi connectivity index (χ3v) is 5.27. The Morgan fingerprint density at radius 1 is 1.35 bits per heavy atom. The molecule has 8 heteroatoms. The van der Waals surface area contributed by atoms with E-state index in [1.165, 1.54) is 11.3 Å². The number of Topliss-reactive ketones (excluding diaryl/α,β-unsaturated/α-hetero) is 1. The average Bonchev–Trinajstić information content (AvgIpc) is 3.06. The van der Waals surface area contributed by atoms with Gasteiger partial charge in [-0.3, -0.25) is 9.59 Å². The largest absolute Gasteiger partial charge is 0.351 e. The summed E-state index contributed by atoms with van der Waals surface area (Å²) >= 11 is 8.41. The van der Waals surface area contributed by atoms with E-state index in [0.717, 1.165) is 16.2 Å². The molecular formula is C12H7ClN2O3S2. The van der Waals surface area contributed by atoms with Crippen LogP contribution in [0.15, 0.2) is 22.9 Å². The number of nitrogens with zero attached hydrogens (tertiary/aromatic N) is 1. The van der Waals surface area contributed by atoms with Crippen LogP contribution in [0, 0.1) is 0 Å². The molecule has 3 heterocycles. The molecule has 1 aliphatic rings. The van der Waals surface area contributed by atoms with Crippen molar-refractivity contribution in [1.82, 2.24) is 0 Å². The molecule has 0 bridgehead atoms. The van der Waals surface area contributed by atoms with Crippen LogP contribution in [0.5, 0.6) is 0 Å². The highest BCUT2D eigenvalue weighted by Gasteiger charge is 2.47. The normalized spacial score (nSPS) is 17.4. The first-order valence-corrected chi connectivity index (χ1v) is 7.64. The van der Waals surface area contributed by atoms with E-state index in [0.29, 0.717) is 20.5 Å². The highest BCUT2D eigenvalue weighted by atomic mass is 35.5. The van der Waals surface area contributed by atoms with Gasteiger partial charge in [-0.05, 0) is 11.4 Å². The molecule has 2 N–H and O–H groups in total. The zero-order valence-corrected chi connectivity index (χ0v) is 12.2. The van der Waals surface area contributed by atoms with E-state index in [1.807, 2.05) is 0 Å². The third-order valence-electron chi connectivity index (χ3n) is 2.97. The summed E-state index contributed by atoms with van der Waals surface area (Å²) in [6.45, 7) is 0. The predicted molar refractivity (Wildman–Crippen MR) is 77.8 cm³/mol. The van der Waals surface area contributed by atoms with Gasteiger partial charge < -0.3 is 5.73 Å². The Morgan fingerprint density at radius 3 is 2.70 bits per heavy atom. The van der Waals surface area contributed by atoms with Crippen molar-refractivity contribution in [2.45, 2.75) is 5.92 Å². The number of imide groups is 1. The molecule has 3 rings (SSSR count). The van der Waals surface area contributed by atoms with Gasteiger partial charge in [-0.15, -0.1) is 22.7 Å². The van der Waals surface area contributed by atoms with Gasteiger partial charge in [0.15, 0.2) is 5.78 Å². The molecule has 102 valence electrons. The monoisotopic (exact) mass is 326 g/mol. The van der Waals surface area contributed by atoms with E-state index in [9.17, 15) is 14.4 Å². The van der Waals surface area contributed by atoms with Gasteiger partial charge in [0, 0.05) is 10.9 Å². The highest BCUT2D eigenvalue weighted by Crippen LogP contribution is 2.47. The van der Waals surface area contributed by atoms with Crippen molar-refractivity contribution in [3.63, 3.8) is 0 Å². The summed E-state index contributed by atoms with van der Waals surface area (Å²) in [6.07, 6.45) is 0. The van der Waals surface area contributed by atoms with E-state index in [4.69, 9.17) is 17.3 Å². The standard InChI is InChI=1S/C12H7ClN2O3S2/c13-5-4-20-11-7(5)8(10(17)15(11)12(14)18)9(16)6-2-1-3-19-6/h1-4,8H,(H2,14,18). The molecule has 1 aliphatic heterocycles. The minimum atomic E-state index is -1.09. The summed E-state index contributed by atoms with van der Waals surface area (Å²) in [5.41, 5.74) is 5.59. The summed E-state index contributed by atoms with van der Waals surface area (Å²) in [7, 11) is 0. The maximum atomic E-state index is 12.5. The van der Waals surface area contributed by atoms with Crippen molar-refractivity contribution in [1.29, 1.82) is 0 Å². The molecule has 3 amide bonds. The highest BCUT2D eigenvalue weighted by molar-refractivity contribution is 7.16. The van der Waals surface area contributed by atoms with Crippen molar-refractivity contribution in [2.24, 2.45) is 5.73 Å². The van der Waals surface area contributed by atoms with Crippen LogP contribution >= 0.6 is 34.3 Å². The minimum Gasteiger partial charge on any atom is -0.351 e. The van der Waals surface area contributed by atoms with E-state index >= 15 is 0 Å². The van der Waals surface area contributed by atoms with Gasteiger partial charge in [0.1, 0.15) is 10.9 Å². The van der Waals surface area contributed by atoms with Crippen LogP contribution in [-0.2, 0) is 4.79 Å². The molecule has 0 spiro atoms. The number of carbonyl (C=O) groups excluding carboxylic acids is 3. The molecule has 0 saturated carbocycles. The van der Waals surface area contributed by atoms with E-state index in [1.54, 1.807) is 22.9 Å². The molecule has 0 saturated heterocycles. The number of nitrogens with two attached hydrogens (primary N) is 1. The first-order chi connectivity index (χ1) is 9.52. The Labute approximate surface area is 126 Å². The van der Waals surface area contributed by atoms with Crippen molar-refractivity contribution in [3.8, 4) is 0 Å². The second-order valence-electron chi connectivity index (χ2n) is 4.09. The Balaban J connectivity index is 2.12. The number of hydrogen-bond donors (Lipinski definition) is 1. The van der Waals surface area contributed by atoms with Gasteiger partial charge in [-0.1, -0.05) is 17.7 Å². The lowest BCUT2D eigenvalue weighted by molar-refractivity contribution is -0.117. The van der Waals surface area contributed by atoms with Gasteiger partial charge in [0.05, 0.1) is 9.90 Å². The Kier molecular flexibility index (Phi) is 3.12. The van der Waals surface area contributed by atoms with Crippen molar-refractivity contribution in [3.05, 3.63) is 38.4 Å². The van der Waals surface area contributed by atoms with E-state index < -0.39 is 17.9 Å². The second-order valence-corrected chi connectivity index (χ2v) is 6.30. The fraction of sp³-hybridized carbons (Fsp3) is 0.0833. The smallest absolute Gasteiger partial charge is 0.326 e. The molecule has 0 fully saturated rings. The van der Waals surface area contributed by atoms with Crippen LogP contribution in [0.25, 0.3) is 0 Å². The van der Waals surface area contributed by atoms with Crippen LogP contribution in [-0.4, -0.2) is 17.7 Å². The Hall–Kier alpha value is -1.70. The van der Waals surface area contributed by atoms with Crippen molar-refractivity contribution in [2.75, 3.05) is 4.90 Å². The Morgan fingerprint density at radius 2 is 2.10 bits per heavy atom. The fourth-order valence-electron chi connectivity index (χ4n) is 2.14. The lowest BCUT2D eigenvalue weighted by Gasteiger charge is -2.11. The number of carbonyl (C=O) groups is 3. The topological polar surface area (TPSA) is 80.5 Å². The number of primary amides is 1. The van der Waals surface area contributed by atoms with Crippen molar-refractivity contribution >= 4 is 57.0 Å². The molecule has 1 unspecified atom stereocenters. The predicted octanol–water partition coefficient (Wildman–Crippen LogP) is 2.85. The Bertz CT molecular complexity index is 723. The molecule has 2 aromatic rings. The van der Waals surface area contributed by atoms with E-state index in [2.05, 4.69) is 0 Å². The molecule has 1 atom stereocenters. The maximum absolute atomic E-state index is 12.5. The lowest BCUT2D eigenvalue weighted by Crippen LogP contribution is -2.40. The zero-order chi connectivity index (χ0) is 14.4. The quantitative estimate of drug-likeness (QED) is 0.680. The van der Waals surface area contributed by atoms with Gasteiger partial charge in [0.2, 0.25) is 0 Å². The third kappa shape index (κ3) is 1.78. The van der Waals surface area contributed by atoms with Gasteiger partial charge in [-0.2, -0.15) is 0 Å². The first-order valence-electron chi connectivity index (χ1n) is 5.50. The van der Waals surface area contributed by atoms with Crippen LogP contribution in [0.1, 0.15) is 21.2 Å². The van der Waals surface area contributed by atoms with Gasteiger partial charge in [0.25, 0.3) is 5.91 Å². The van der Waals surface area contributed by atoms with Crippen LogP contribution in [0.3, 0.4) is 0 Å². The minimum absolute atomic E-state index is 0.303.